The Balaban J connectivity index is 1.91. The number of carbonyl (C=O) groups is 2. The molecule has 0 aromatic heterocycles. The summed E-state index contributed by atoms with van der Waals surface area (Å²) in [6, 6.07) is 5.33. The quantitative estimate of drug-likeness (QED) is 0.627. The average Bonchev–Trinajstić information content (AvgIpc) is 2.61. The summed E-state index contributed by atoms with van der Waals surface area (Å²) in [6.07, 6.45) is 1.49. The number of methoxy groups -OCH3 is 2. The Morgan fingerprint density at radius 3 is 2.52 bits per heavy atom. The summed E-state index contributed by atoms with van der Waals surface area (Å²) in [7, 11) is 3.21. The highest BCUT2D eigenvalue weighted by Gasteiger charge is 2.27. The number of nitrogens with one attached hydrogen (secondary N) is 2. The number of amides is 2. The topological polar surface area (TPSA) is 95.1 Å². The molecule has 0 bridgehead atoms. The van der Waals surface area contributed by atoms with Gasteiger partial charge in [-0.05, 0) is 25.1 Å². The average molecular weight is 350 g/mol. The van der Waals surface area contributed by atoms with Gasteiger partial charge in [0.15, 0.2) is 6.54 Å². The van der Waals surface area contributed by atoms with Crippen LogP contribution < -0.4 is 25.4 Å². The molecule has 2 rings (SSSR count). The summed E-state index contributed by atoms with van der Waals surface area (Å²) < 4.78 is 10.6. The Bertz CT molecular complexity index is 612. The van der Waals surface area contributed by atoms with Crippen molar-refractivity contribution in [1.82, 2.24) is 5.32 Å². The van der Waals surface area contributed by atoms with Crippen molar-refractivity contribution in [2.45, 2.75) is 25.8 Å². The van der Waals surface area contributed by atoms with Crippen LogP contribution >= 0.6 is 0 Å². The Labute approximate surface area is 148 Å². The fourth-order valence-electron chi connectivity index (χ4n) is 3.26. The summed E-state index contributed by atoms with van der Waals surface area (Å²) in [6.45, 7) is 3.89. The Morgan fingerprint density at radius 1 is 1.28 bits per heavy atom. The van der Waals surface area contributed by atoms with Crippen LogP contribution in [-0.2, 0) is 9.59 Å². The minimum atomic E-state index is -0.234. The lowest BCUT2D eigenvalue weighted by Crippen LogP contribution is -3.14. The van der Waals surface area contributed by atoms with Crippen molar-refractivity contribution in [1.29, 1.82) is 0 Å². The number of benzene rings is 1. The Morgan fingerprint density at radius 2 is 1.96 bits per heavy atom. The summed E-state index contributed by atoms with van der Waals surface area (Å²) >= 11 is 0. The molecule has 7 nitrogen and oxygen atoms in total. The van der Waals surface area contributed by atoms with Crippen molar-refractivity contribution in [3.05, 3.63) is 23.8 Å². The third-order valence-corrected chi connectivity index (χ3v) is 4.79. The van der Waals surface area contributed by atoms with Gasteiger partial charge >= 0.3 is 0 Å². The molecule has 7 heteroatoms. The number of rotatable bonds is 7. The molecule has 138 valence electrons. The fraction of sp³-hybridized carbons (Fsp3) is 0.556. The van der Waals surface area contributed by atoms with E-state index in [0.29, 0.717) is 12.3 Å². The van der Waals surface area contributed by atoms with E-state index in [9.17, 15) is 9.59 Å². The van der Waals surface area contributed by atoms with Crippen molar-refractivity contribution < 1.29 is 24.0 Å². The van der Waals surface area contributed by atoms with Gasteiger partial charge in [-0.2, -0.15) is 0 Å². The van der Waals surface area contributed by atoms with Gasteiger partial charge < -0.3 is 25.4 Å². The largest absolute Gasteiger partial charge is 0.497 e. The van der Waals surface area contributed by atoms with E-state index in [1.165, 1.54) is 4.90 Å². The Kier molecular flexibility index (Phi) is 6.64. The standard InChI is InChI=1S/C18H27N3O4/c1-12(15-10-14(24-2)4-5-16(15)25-3)20-17(22)11-21-8-6-13(7-9-21)18(19)23/h4-5,10,12-13H,6-9,11H2,1-3H3,(H2,19,23)(H,20,22)/p+1/t12-/m0/s1. The van der Waals surface area contributed by atoms with E-state index in [0.717, 1.165) is 37.2 Å². The Hall–Kier alpha value is -2.28. The maximum absolute atomic E-state index is 12.4. The lowest BCUT2D eigenvalue weighted by molar-refractivity contribution is -0.897. The molecule has 1 aromatic rings. The van der Waals surface area contributed by atoms with Crippen LogP contribution in [0.15, 0.2) is 18.2 Å². The maximum atomic E-state index is 12.4. The van der Waals surface area contributed by atoms with E-state index < -0.39 is 0 Å². The molecule has 1 aliphatic heterocycles. The van der Waals surface area contributed by atoms with E-state index in [-0.39, 0.29) is 23.8 Å². The summed E-state index contributed by atoms with van der Waals surface area (Å²) in [5, 5.41) is 3.02. The number of hydrogen-bond acceptors (Lipinski definition) is 4. The maximum Gasteiger partial charge on any atom is 0.275 e. The van der Waals surface area contributed by atoms with Gasteiger partial charge in [0.2, 0.25) is 5.91 Å². The third kappa shape index (κ3) is 5.09. The van der Waals surface area contributed by atoms with Crippen molar-refractivity contribution in [3.8, 4) is 11.5 Å². The van der Waals surface area contributed by atoms with Crippen LogP contribution in [0.5, 0.6) is 11.5 Å². The van der Waals surface area contributed by atoms with Crippen LogP contribution in [0.1, 0.15) is 31.4 Å². The van der Waals surface area contributed by atoms with Gasteiger partial charge in [0.1, 0.15) is 11.5 Å². The number of hydrogen-bond donors (Lipinski definition) is 3. The fourth-order valence-corrected chi connectivity index (χ4v) is 3.26. The third-order valence-electron chi connectivity index (χ3n) is 4.79. The molecule has 0 unspecified atom stereocenters. The van der Waals surface area contributed by atoms with E-state index in [2.05, 4.69) is 5.32 Å². The molecule has 2 amide bonds. The van der Waals surface area contributed by atoms with Crippen LogP contribution in [0, 0.1) is 5.92 Å². The van der Waals surface area contributed by atoms with Gasteiger partial charge in [-0.1, -0.05) is 0 Å². The van der Waals surface area contributed by atoms with Gasteiger partial charge in [-0.3, -0.25) is 9.59 Å². The number of ether oxygens (including phenoxy) is 2. The molecule has 1 atom stereocenters. The second kappa shape index (κ2) is 8.71. The highest BCUT2D eigenvalue weighted by Crippen LogP contribution is 2.29. The van der Waals surface area contributed by atoms with E-state index in [1.807, 2.05) is 25.1 Å². The van der Waals surface area contributed by atoms with Gasteiger partial charge in [0, 0.05) is 24.3 Å². The van der Waals surface area contributed by atoms with E-state index in [1.54, 1.807) is 14.2 Å². The first kappa shape index (κ1) is 19.1. The van der Waals surface area contributed by atoms with Crippen LogP contribution in [0.25, 0.3) is 0 Å². The molecule has 1 aromatic carbocycles. The summed E-state index contributed by atoms with van der Waals surface area (Å²) in [5.41, 5.74) is 6.22. The van der Waals surface area contributed by atoms with Crippen molar-refractivity contribution >= 4 is 11.8 Å². The molecule has 1 saturated heterocycles. The number of quaternary nitrogens is 1. The molecular weight excluding hydrogens is 322 g/mol. The molecule has 1 aliphatic rings. The first-order valence-electron chi connectivity index (χ1n) is 8.58. The van der Waals surface area contributed by atoms with Crippen LogP contribution in [0.4, 0.5) is 0 Å². The lowest BCUT2D eigenvalue weighted by atomic mass is 9.96. The zero-order valence-corrected chi connectivity index (χ0v) is 15.1. The van der Waals surface area contributed by atoms with E-state index in [4.69, 9.17) is 15.2 Å². The monoisotopic (exact) mass is 350 g/mol. The highest BCUT2D eigenvalue weighted by atomic mass is 16.5. The molecular formula is C18H28N3O4+. The summed E-state index contributed by atoms with van der Waals surface area (Å²) in [5.74, 6) is 1.12. The number of nitrogens with two attached hydrogens (primary N) is 1. The zero-order chi connectivity index (χ0) is 18.4. The van der Waals surface area contributed by atoms with Crippen molar-refractivity contribution in [3.63, 3.8) is 0 Å². The number of likely N-dealkylation sites (tertiary alicyclic amines) is 1. The SMILES string of the molecule is COc1ccc(OC)c([C@H](C)NC(=O)C[NH+]2CCC(C(N)=O)CC2)c1. The molecule has 1 heterocycles. The molecule has 4 N–H and O–H groups in total. The summed E-state index contributed by atoms with van der Waals surface area (Å²) in [4.78, 5) is 24.8. The normalized spacial score (nSPS) is 21.2. The van der Waals surface area contributed by atoms with Gasteiger partial charge in [-0.25, -0.2) is 0 Å². The zero-order valence-electron chi connectivity index (χ0n) is 15.1. The molecule has 0 spiro atoms. The minimum Gasteiger partial charge on any atom is -0.497 e. The lowest BCUT2D eigenvalue weighted by Gasteiger charge is -2.27. The molecule has 0 radical (unpaired) electrons. The number of piperidine rings is 1. The van der Waals surface area contributed by atoms with Gasteiger partial charge in [0.25, 0.3) is 5.91 Å². The minimum absolute atomic E-state index is 0.0232. The number of primary amides is 1. The van der Waals surface area contributed by atoms with Crippen LogP contribution in [0.2, 0.25) is 0 Å². The molecule has 0 aliphatic carbocycles. The second-order valence-electron chi connectivity index (χ2n) is 6.50. The van der Waals surface area contributed by atoms with Crippen LogP contribution in [0.3, 0.4) is 0 Å². The van der Waals surface area contributed by atoms with Crippen molar-refractivity contribution in [2.75, 3.05) is 33.9 Å². The first-order chi connectivity index (χ1) is 11.9. The van der Waals surface area contributed by atoms with Gasteiger partial charge in [-0.15, -0.1) is 0 Å². The second-order valence-corrected chi connectivity index (χ2v) is 6.50. The van der Waals surface area contributed by atoms with E-state index >= 15 is 0 Å². The molecule has 0 saturated carbocycles. The molecule has 1 fully saturated rings. The van der Waals surface area contributed by atoms with Gasteiger partial charge in [0.05, 0.1) is 33.4 Å². The predicted molar refractivity (Wildman–Crippen MR) is 93.6 cm³/mol. The number of carbonyl (C=O) groups excluding carboxylic acids is 2. The van der Waals surface area contributed by atoms with Crippen molar-refractivity contribution in [2.24, 2.45) is 11.7 Å². The van der Waals surface area contributed by atoms with Crippen LogP contribution in [-0.4, -0.2) is 45.7 Å². The smallest absolute Gasteiger partial charge is 0.275 e. The first-order valence-corrected chi connectivity index (χ1v) is 8.58. The highest BCUT2D eigenvalue weighted by molar-refractivity contribution is 5.78. The predicted octanol–water partition coefficient (Wildman–Crippen LogP) is -0.339. The molecule has 25 heavy (non-hydrogen) atoms.